The molecule has 1 unspecified atom stereocenters. The fourth-order valence-electron chi connectivity index (χ4n) is 2.39. The summed E-state index contributed by atoms with van der Waals surface area (Å²) < 4.78 is 5.53. The van der Waals surface area contributed by atoms with E-state index in [-0.39, 0.29) is 11.5 Å². The lowest BCUT2D eigenvalue weighted by Crippen LogP contribution is -2.43. The van der Waals surface area contributed by atoms with Crippen LogP contribution in [0.15, 0.2) is 0 Å². The van der Waals surface area contributed by atoms with Gasteiger partial charge in [-0.3, -0.25) is 0 Å². The average molecular weight is 280 g/mol. The molecule has 2 heterocycles. The van der Waals surface area contributed by atoms with Crippen molar-refractivity contribution >= 4 is 17.8 Å². The van der Waals surface area contributed by atoms with Crippen molar-refractivity contribution in [3.05, 3.63) is 0 Å². The lowest BCUT2D eigenvalue weighted by molar-refractivity contribution is 0.0537. The highest BCUT2D eigenvalue weighted by atomic mass is 16.5. The number of nitrogens with two attached hydrogens (primary N) is 1. The molecular weight excluding hydrogens is 256 g/mol. The van der Waals surface area contributed by atoms with Gasteiger partial charge < -0.3 is 20.7 Å². The van der Waals surface area contributed by atoms with Crippen LogP contribution < -0.4 is 16.0 Å². The summed E-state index contributed by atoms with van der Waals surface area (Å²) in [5.74, 6) is 1.38. The van der Waals surface area contributed by atoms with Crippen molar-refractivity contribution in [3.8, 4) is 0 Å². The Morgan fingerprint density at radius 2 is 2.05 bits per heavy atom. The van der Waals surface area contributed by atoms with Crippen molar-refractivity contribution in [2.75, 3.05) is 42.3 Å². The van der Waals surface area contributed by atoms with Crippen molar-refractivity contribution in [2.24, 2.45) is 0 Å². The summed E-state index contributed by atoms with van der Waals surface area (Å²) in [6.07, 6.45) is 2.06. The van der Waals surface area contributed by atoms with Gasteiger partial charge in [0.25, 0.3) is 0 Å². The number of ether oxygens (including phenoxy) is 1. The molecular formula is C13H24N6O. The van der Waals surface area contributed by atoms with Crippen LogP contribution in [-0.4, -0.2) is 46.8 Å². The van der Waals surface area contributed by atoms with Gasteiger partial charge in [-0.2, -0.15) is 15.0 Å². The maximum Gasteiger partial charge on any atom is 0.231 e. The van der Waals surface area contributed by atoms with Gasteiger partial charge in [0.15, 0.2) is 0 Å². The zero-order valence-corrected chi connectivity index (χ0v) is 12.5. The highest BCUT2D eigenvalue weighted by Crippen LogP contribution is 2.23. The highest BCUT2D eigenvalue weighted by molar-refractivity contribution is 5.43. The smallest absolute Gasteiger partial charge is 0.231 e. The number of hydrogen-bond acceptors (Lipinski definition) is 7. The van der Waals surface area contributed by atoms with E-state index in [1.165, 1.54) is 0 Å². The molecule has 112 valence electrons. The van der Waals surface area contributed by atoms with Crippen molar-refractivity contribution in [1.82, 2.24) is 15.0 Å². The van der Waals surface area contributed by atoms with E-state index in [2.05, 4.69) is 41.0 Å². The molecule has 1 atom stereocenters. The van der Waals surface area contributed by atoms with Gasteiger partial charge in [-0.15, -0.1) is 0 Å². The summed E-state index contributed by atoms with van der Waals surface area (Å²) in [6, 6.07) is 0. The fraction of sp³-hybridized carbons (Fsp3) is 0.769. The fourth-order valence-corrected chi connectivity index (χ4v) is 2.39. The summed E-state index contributed by atoms with van der Waals surface area (Å²) in [5, 5.41) is 3.35. The van der Waals surface area contributed by atoms with E-state index in [9.17, 15) is 0 Å². The molecule has 2 rings (SSSR count). The van der Waals surface area contributed by atoms with Crippen LogP contribution in [0.4, 0.5) is 17.8 Å². The molecule has 3 N–H and O–H groups in total. The van der Waals surface area contributed by atoms with Crippen molar-refractivity contribution in [1.29, 1.82) is 0 Å². The van der Waals surface area contributed by atoms with Crippen LogP contribution >= 0.6 is 0 Å². The van der Waals surface area contributed by atoms with Crippen molar-refractivity contribution in [3.63, 3.8) is 0 Å². The van der Waals surface area contributed by atoms with Crippen LogP contribution in [0.1, 0.15) is 33.6 Å². The van der Waals surface area contributed by atoms with Gasteiger partial charge >= 0.3 is 0 Å². The minimum Gasteiger partial charge on any atom is -0.379 e. The number of nitrogen functional groups attached to an aromatic ring is 1. The predicted octanol–water partition coefficient (Wildman–Crippen LogP) is 1.28. The van der Waals surface area contributed by atoms with Crippen molar-refractivity contribution < 1.29 is 4.74 Å². The Morgan fingerprint density at radius 1 is 1.30 bits per heavy atom. The molecule has 0 spiro atoms. The normalized spacial score (nSPS) is 22.6. The third-order valence-electron chi connectivity index (χ3n) is 3.54. The van der Waals surface area contributed by atoms with Gasteiger partial charge in [-0.25, -0.2) is 0 Å². The molecule has 1 aliphatic rings. The van der Waals surface area contributed by atoms with E-state index in [0.29, 0.717) is 18.5 Å². The predicted molar refractivity (Wildman–Crippen MR) is 79.9 cm³/mol. The first-order valence-corrected chi connectivity index (χ1v) is 7.19. The lowest BCUT2D eigenvalue weighted by Gasteiger charge is -2.34. The van der Waals surface area contributed by atoms with Gasteiger partial charge in [-0.1, -0.05) is 0 Å². The summed E-state index contributed by atoms with van der Waals surface area (Å²) in [4.78, 5) is 14.9. The summed E-state index contributed by atoms with van der Waals surface area (Å²) in [6.45, 7) is 9.38. The Kier molecular flexibility index (Phi) is 4.59. The summed E-state index contributed by atoms with van der Waals surface area (Å²) in [7, 11) is 0. The molecule has 1 aromatic rings. The second-order valence-corrected chi connectivity index (χ2v) is 5.33. The molecule has 1 aromatic heterocycles. The standard InChI is InChI=1S/C13H24N6O/c1-4-19(5-2)12-16-10(14)15-11(17-12)18-13(3)7-6-8-20-9-13/h4-9H2,1-3H3,(H3,14,15,16,17,18). The Bertz CT molecular complexity index is 442. The first kappa shape index (κ1) is 14.8. The molecule has 1 fully saturated rings. The van der Waals surface area contributed by atoms with E-state index in [1.807, 2.05) is 4.90 Å². The van der Waals surface area contributed by atoms with Crippen molar-refractivity contribution in [2.45, 2.75) is 39.2 Å². The molecule has 0 aliphatic carbocycles. The van der Waals surface area contributed by atoms with Crippen LogP contribution in [-0.2, 0) is 4.74 Å². The second kappa shape index (κ2) is 6.21. The third-order valence-corrected chi connectivity index (χ3v) is 3.54. The molecule has 0 aromatic carbocycles. The topological polar surface area (TPSA) is 89.2 Å². The molecule has 0 amide bonds. The number of aromatic nitrogens is 3. The number of nitrogens with one attached hydrogen (secondary N) is 1. The van der Waals surface area contributed by atoms with Gasteiger partial charge in [0.05, 0.1) is 12.1 Å². The number of hydrogen-bond donors (Lipinski definition) is 2. The number of nitrogens with zero attached hydrogens (tertiary/aromatic N) is 4. The first-order chi connectivity index (χ1) is 9.56. The van der Waals surface area contributed by atoms with Crippen LogP contribution in [0, 0.1) is 0 Å². The SMILES string of the molecule is CCN(CC)c1nc(N)nc(NC2(C)CCCOC2)n1. The van der Waals surface area contributed by atoms with E-state index in [1.54, 1.807) is 0 Å². The number of anilines is 3. The summed E-state index contributed by atoms with van der Waals surface area (Å²) in [5.41, 5.74) is 5.65. The molecule has 0 radical (unpaired) electrons. The van der Waals surface area contributed by atoms with Crippen LogP contribution in [0.5, 0.6) is 0 Å². The summed E-state index contributed by atoms with van der Waals surface area (Å²) >= 11 is 0. The van der Waals surface area contributed by atoms with Crippen LogP contribution in [0.2, 0.25) is 0 Å². The first-order valence-electron chi connectivity index (χ1n) is 7.19. The molecule has 20 heavy (non-hydrogen) atoms. The quantitative estimate of drug-likeness (QED) is 0.839. The average Bonchev–Trinajstić information content (AvgIpc) is 2.39. The van der Waals surface area contributed by atoms with Crippen LogP contribution in [0.3, 0.4) is 0 Å². The largest absolute Gasteiger partial charge is 0.379 e. The van der Waals surface area contributed by atoms with Gasteiger partial charge in [0.2, 0.25) is 17.8 Å². The Labute approximate surface area is 119 Å². The molecule has 1 aliphatic heterocycles. The Morgan fingerprint density at radius 3 is 2.65 bits per heavy atom. The molecule has 0 bridgehead atoms. The zero-order valence-electron chi connectivity index (χ0n) is 12.5. The second-order valence-electron chi connectivity index (χ2n) is 5.33. The third kappa shape index (κ3) is 3.47. The van der Waals surface area contributed by atoms with E-state index < -0.39 is 0 Å². The lowest BCUT2D eigenvalue weighted by atomic mass is 9.95. The molecule has 1 saturated heterocycles. The highest BCUT2D eigenvalue weighted by Gasteiger charge is 2.28. The van der Waals surface area contributed by atoms with Gasteiger partial charge in [0.1, 0.15) is 0 Å². The van der Waals surface area contributed by atoms with Gasteiger partial charge in [0, 0.05) is 19.7 Å². The minimum atomic E-state index is -0.146. The van der Waals surface area contributed by atoms with E-state index in [4.69, 9.17) is 10.5 Å². The molecule has 7 heteroatoms. The molecule has 7 nitrogen and oxygen atoms in total. The van der Waals surface area contributed by atoms with E-state index in [0.717, 1.165) is 32.5 Å². The van der Waals surface area contributed by atoms with Gasteiger partial charge in [-0.05, 0) is 33.6 Å². The monoisotopic (exact) mass is 280 g/mol. The maximum absolute atomic E-state index is 5.79. The number of rotatable bonds is 5. The Hall–Kier alpha value is -1.63. The minimum absolute atomic E-state index is 0.146. The van der Waals surface area contributed by atoms with Crippen LogP contribution in [0.25, 0.3) is 0 Å². The maximum atomic E-state index is 5.79. The van der Waals surface area contributed by atoms with E-state index >= 15 is 0 Å². The zero-order chi connectivity index (χ0) is 14.6. The Balaban J connectivity index is 2.19. The molecule has 0 saturated carbocycles.